The van der Waals surface area contributed by atoms with Crippen LogP contribution in [0.15, 0.2) is 60.8 Å². The van der Waals surface area contributed by atoms with Crippen LogP contribution in [0.2, 0.25) is 0 Å². The van der Waals surface area contributed by atoms with E-state index in [1.54, 1.807) is 23.0 Å². The van der Waals surface area contributed by atoms with Gasteiger partial charge in [0.25, 0.3) is 0 Å². The lowest BCUT2D eigenvalue weighted by Crippen LogP contribution is -2.44. The Bertz CT molecular complexity index is 1400. The molecular formula is C30H34FN3O2. The Morgan fingerprint density at radius 3 is 2.31 bits per heavy atom. The Hall–Kier alpha value is -3.67. The number of aromatic nitrogens is 2. The summed E-state index contributed by atoms with van der Waals surface area (Å²) >= 11 is 0. The molecule has 3 aromatic carbocycles. The van der Waals surface area contributed by atoms with Crippen molar-refractivity contribution in [2.24, 2.45) is 5.41 Å². The summed E-state index contributed by atoms with van der Waals surface area (Å²) in [5, 5.41) is 8.55. The lowest BCUT2D eigenvalue weighted by molar-refractivity contribution is -0.129. The first-order valence-electron chi connectivity index (χ1n) is 12.2. The SMILES string of the molecule is Cc1cc(C)c([C@@H](Oc2ccc3c(cnn3-c3ccc(F)cc3)c2)[C@H](C)NC(=O)C(C)(C)C)cc1C. The summed E-state index contributed by atoms with van der Waals surface area (Å²) in [6.45, 7) is 13.9. The van der Waals surface area contributed by atoms with Crippen LogP contribution in [0.3, 0.4) is 0 Å². The first-order valence-corrected chi connectivity index (χ1v) is 12.2. The predicted octanol–water partition coefficient (Wildman–Crippen LogP) is 6.76. The maximum atomic E-state index is 13.4. The van der Waals surface area contributed by atoms with E-state index in [2.05, 4.69) is 43.3 Å². The van der Waals surface area contributed by atoms with Crippen LogP contribution in [-0.4, -0.2) is 21.7 Å². The number of fused-ring (bicyclic) bond motifs is 1. The van der Waals surface area contributed by atoms with Crippen molar-refractivity contribution in [2.45, 2.75) is 60.6 Å². The molecule has 4 aromatic rings. The molecule has 0 saturated carbocycles. The van der Waals surface area contributed by atoms with Crippen LogP contribution in [0, 0.1) is 32.0 Å². The van der Waals surface area contributed by atoms with Gasteiger partial charge in [0.15, 0.2) is 0 Å². The molecule has 1 amide bonds. The van der Waals surface area contributed by atoms with Crippen LogP contribution in [0.4, 0.5) is 4.39 Å². The first kappa shape index (κ1) is 25.4. The lowest BCUT2D eigenvalue weighted by Gasteiger charge is -2.30. The van der Waals surface area contributed by atoms with E-state index < -0.39 is 5.41 Å². The fourth-order valence-corrected chi connectivity index (χ4v) is 4.24. The van der Waals surface area contributed by atoms with Gasteiger partial charge in [0.2, 0.25) is 5.91 Å². The molecule has 188 valence electrons. The van der Waals surface area contributed by atoms with E-state index in [-0.39, 0.29) is 23.9 Å². The molecule has 0 fully saturated rings. The van der Waals surface area contributed by atoms with Gasteiger partial charge in [0.1, 0.15) is 17.7 Å². The van der Waals surface area contributed by atoms with E-state index in [0.29, 0.717) is 5.75 Å². The number of ether oxygens (including phenoxy) is 1. The highest BCUT2D eigenvalue weighted by molar-refractivity contribution is 5.82. The van der Waals surface area contributed by atoms with Crippen LogP contribution in [-0.2, 0) is 4.79 Å². The lowest BCUT2D eigenvalue weighted by atomic mass is 9.92. The summed E-state index contributed by atoms with van der Waals surface area (Å²) < 4.78 is 21.7. The fraction of sp³-hybridized carbons (Fsp3) is 0.333. The van der Waals surface area contributed by atoms with E-state index in [0.717, 1.165) is 27.7 Å². The van der Waals surface area contributed by atoms with Crippen molar-refractivity contribution in [2.75, 3.05) is 0 Å². The molecule has 4 rings (SSSR count). The van der Waals surface area contributed by atoms with Crippen LogP contribution in [0.1, 0.15) is 56.1 Å². The van der Waals surface area contributed by atoms with Crippen LogP contribution in [0.25, 0.3) is 16.6 Å². The highest BCUT2D eigenvalue weighted by atomic mass is 19.1. The minimum atomic E-state index is -0.509. The van der Waals surface area contributed by atoms with E-state index >= 15 is 0 Å². The molecule has 0 aliphatic rings. The molecule has 6 heteroatoms. The topological polar surface area (TPSA) is 56.1 Å². The monoisotopic (exact) mass is 487 g/mol. The van der Waals surface area contributed by atoms with Gasteiger partial charge < -0.3 is 10.1 Å². The average molecular weight is 488 g/mol. The summed E-state index contributed by atoms with van der Waals surface area (Å²) in [4.78, 5) is 12.8. The Morgan fingerprint density at radius 1 is 0.972 bits per heavy atom. The van der Waals surface area contributed by atoms with Gasteiger partial charge in [0.05, 0.1) is 23.4 Å². The van der Waals surface area contributed by atoms with Gasteiger partial charge in [-0.15, -0.1) is 0 Å². The number of amides is 1. The molecule has 5 nitrogen and oxygen atoms in total. The normalized spacial score (nSPS) is 13.4. The number of halogens is 1. The average Bonchev–Trinajstić information content (AvgIpc) is 3.23. The maximum absolute atomic E-state index is 13.4. The standard InChI is InChI=1S/C30H34FN3O2/c1-18-14-20(3)26(15-19(18)2)28(21(4)33-29(35)30(5,6)7)36-25-12-13-27-22(16-25)17-32-34(27)24-10-8-23(31)9-11-24/h8-17,21,28H,1-7H3,(H,33,35)/t21-,28-/m0/s1. The largest absolute Gasteiger partial charge is 0.484 e. The third kappa shape index (κ3) is 5.27. The van der Waals surface area contributed by atoms with Gasteiger partial charge >= 0.3 is 0 Å². The number of aryl methyl sites for hydroxylation is 3. The molecule has 1 heterocycles. The Kier molecular flexibility index (Phi) is 6.90. The van der Waals surface area contributed by atoms with E-state index in [1.165, 1.54) is 23.3 Å². The summed E-state index contributed by atoms with van der Waals surface area (Å²) in [5.74, 6) is 0.369. The first-order chi connectivity index (χ1) is 16.9. The molecule has 1 N–H and O–H groups in total. The molecule has 2 atom stereocenters. The van der Waals surface area contributed by atoms with Crippen molar-refractivity contribution in [3.63, 3.8) is 0 Å². The number of rotatable bonds is 6. The Morgan fingerprint density at radius 2 is 1.64 bits per heavy atom. The van der Waals surface area contributed by atoms with Crippen LogP contribution >= 0.6 is 0 Å². The molecule has 0 bridgehead atoms. The quantitative estimate of drug-likeness (QED) is 0.327. The predicted molar refractivity (Wildman–Crippen MR) is 142 cm³/mol. The van der Waals surface area contributed by atoms with Crippen molar-refractivity contribution in [3.05, 3.63) is 88.9 Å². The highest BCUT2D eigenvalue weighted by Crippen LogP contribution is 2.32. The summed E-state index contributed by atoms with van der Waals surface area (Å²) in [6, 6.07) is 16.1. The molecule has 36 heavy (non-hydrogen) atoms. The minimum Gasteiger partial charge on any atom is -0.484 e. The second-order valence-electron chi connectivity index (χ2n) is 10.6. The van der Waals surface area contributed by atoms with Crippen molar-refractivity contribution >= 4 is 16.8 Å². The van der Waals surface area contributed by atoms with Gasteiger partial charge in [-0.25, -0.2) is 9.07 Å². The van der Waals surface area contributed by atoms with Crippen molar-refractivity contribution in [1.29, 1.82) is 0 Å². The highest BCUT2D eigenvalue weighted by Gasteiger charge is 2.29. The molecule has 0 aliphatic heterocycles. The third-order valence-electron chi connectivity index (χ3n) is 6.56. The van der Waals surface area contributed by atoms with Gasteiger partial charge in [-0.2, -0.15) is 5.10 Å². The summed E-state index contributed by atoms with van der Waals surface area (Å²) in [5.41, 5.74) is 5.71. The molecule has 0 spiro atoms. The number of nitrogens with zero attached hydrogens (tertiary/aromatic N) is 2. The molecule has 0 aliphatic carbocycles. The van der Waals surface area contributed by atoms with Crippen LogP contribution < -0.4 is 10.1 Å². The number of carbonyl (C=O) groups excluding carboxylic acids is 1. The van der Waals surface area contributed by atoms with Crippen molar-refractivity contribution in [1.82, 2.24) is 15.1 Å². The Labute approximate surface area is 212 Å². The molecule has 0 radical (unpaired) electrons. The fourth-order valence-electron chi connectivity index (χ4n) is 4.24. The van der Waals surface area contributed by atoms with Crippen LogP contribution in [0.5, 0.6) is 5.75 Å². The molecule has 0 saturated heterocycles. The van der Waals surface area contributed by atoms with E-state index in [9.17, 15) is 9.18 Å². The van der Waals surface area contributed by atoms with Gasteiger partial charge in [-0.3, -0.25) is 4.79 Å². The maximum Gasteiger partial charge on any atom is 0.225 e. The molecule has 0 unspecified atom stereocenters. The smallest absolute Gasteiger partial charge is 0.225 e. The minimum absolute atomic E-state index is 0.0267. The number of nitrogens with one attached hydrogen (secondary N) is 1. The molecule has 1 aromatic heterocycles. The zero-order valence-electron chi connectivity index (χ0n) is 22.0. The Balaban J connectivity index is 1.69. The second-order valence-corrected chi connectivity index (χ2v) is 10.6. The number of carbonyl (C=O) groups is 1. The van der Waals surface area contributed by atoms with E-state index in [4.69, 9.17) is 4.74 Å². The second kappa shape index (κ2) is 9.76. The zero-order valence-corrected chi connectivity index (χ0v) is 22.0. The van der Waals surface area contributed by atoms with Gasteiger partial charge in [-0.1, -0.05) is 32.9 Å². The summed E-state index contributed by atoms with van der Waals surface area (Å²) in [6.07, 6.45) is 1.38. The zero-order chi connectivity index (χ0) is 26.2. The number of hydrogen-bond donors (Lipinski definition) is 1. The number of benzene rings is 3. The van der Waals surface area contributed by atoms with Gasteiger partial charge in [-0.05, 0) is 92.4 Å². The van der Waals surface area contributed by atoms with Crippen molar-refractivity contribution < 1.29 is 13.9 Å². The van der Waals surface area contributed by atoms with E-state index in [1.807, 2.05) is 45.9 Å². The summed E-state index contributed by atoms with van der Waals surface area (Å²) in [7, 11) is 0. The third-order valence-corrected chi connectivity index (χ3v) is 6.56. The van der Waals surface area contributed by atoms with Gasteiger partial charge in [0, 0.05) is 10.8 Å². The molecular weight excluding hydrogens is 453 g/mol. The number of hydrogen-bond acceptors (Lipinski definition) is 3. The van der Waals surface area contributed by atoms with Crippen molar-refractivity contribution in [3.8, 4) is 11.4 Å².